The first kappa shape index (κ1) is 19.0. The molecule has 2 aromatic rings. The van der Waals surface area contributed by atoms with Crippen molar-refractivity contribution >= 4 is 17.9 Å². The summed E-state index contributed by atoms with van der Waals surface area (Å²) >= 11 is 0. The number of rotatable bonds is 4. The van der Waals surface area contributed by atoms with Crippen LogP contribution < -0.4 is 10.8 Å². The van der Waals surface area contributed by atoms with Crippen molar-refractivity contribution < 1.29 is 14.8 Å². The molecule has 0 bridgehead atoms. The summed E-state index contributed by atoms with van der Waals surface area (Å²) in [6.07, 6.45) is 3.21. The normalized spacial score (nSPS) is 10.7. The number of hydrogen-bond donors (Lipinski definition) is 3. The van der Waals surface area contributed by atoms with Gasteiger partial charge in [0.05, 0.1) is 5.54 Å². The van der Waals surface area contributed by atoms with Crippen molar-refractivity contribution in [3.63, 3.8) is 0 Å². The van der Waals surface area contributed by atoms with Crippen LogP contribution in [0.2, 0.25) is 0 Å². The highest BCUT2D eigenvalue weighted by molar-refractivity contribution is 5.93. The third kappa shape index (κ3) is 5.93. The monoisotopic (exact) mass is 348 g/mol. The van der Waals surface area contributed by atoms with Crippen LogP contribution in [-0.2, 0) is 4.79 Å². The Morgan fingerprint density at radius 3 is 2.31 bits per heavy atom. The maximum atomic E-state index is 12.1. The summed E-state index contributed by atoms with van der Waals surface area (Å²) in [5, 5.41) is 11.4. The van der Waals surface area contributed by atoms with Crippen molar-refractivity contribution in [1.82, 2.24) is 10.8 Å². The Bertz CT molecular complexity index is 858. The molecule has 0 saturated heterocycles. The van der Waals surface area contributed by atoms with E-state index in [4.69, 9.17) is 5.21 Å². The summed E-state index contributed by atoms with van der Waals surface area (Å²) in [5.41, 5.74) is 2.82. The molecule has 0 aliphatic heterocycles. The first-order valence-corrected chi connectivity index (χ1v) is 8.02. The Morgan fingerprint density at radius 2 is 1.69 bits per heavy atom. The number of hydroxylamine groups is 1. The number of carbonyl (C=O) groups is 2. The Kier molecular flexibility index (Phi) is 6.31. The van der Waals surface area contributed by atoms with Crippen molar-refractivity contribution in [3.8, 4) is 11.8 Å². The lowest BCUT2D eigenvalue weighted by Crippen LogP contribution is -2.41. The van der Waals surface area contributed by atoms with Crippen LogP contribution in [-0.4, -0.2) is 22.6 Å². The smallest absolute Gasteiger partial charge is 0.274 e. The Balaban J connectivity index is 2.00. The number of nitrogens with one attached hydrogen (secondary N) is 2. The molecule has 0 aromatic heterocycles. The molecule has 5 heteroatoms. The van der Waals surface area contributed by atoms with Crippen molar-refractivity contribution in [2.45, 2.75) is 19.4 Å². The molecule has 0 fully saturated rings. The van der Waals surface area contributed by atoms with Gasteiger partial charge in [0, 0.05) is 17.2 Å². The highest BCUT2D eigenvalue weighted by atomic mass is 16.5. The molecule has 3 N–H and O–H groups in total. The first-order chi connectivity index (χ1) is 12.4. The van der Waals surface area contributed by atoms with E-state index in [0.717, 1.165) is 5.56 Å². The van der Waals surface area contributed by atoms with E-state index < -0.39 is 11.4 Å². The van der Waals surface area contributed by atoms with Crippen LogP contribution in [0.15, 0.2) is 60.7 Å². The fourth-order valence-electron chi connectivity index (χ4n) is 2.11. The predicted molar refractivity (Wildman–Crippen MR) is 100 cm³/mol. The minimum Gasteiger partial charge on any atom is -0.337 e. The molecular formula is C21H20N2O3. The molecule has 2 aromatic carbocycles. The molecule has 0 spiro atoms. The molecule has 0 heterocycles. The summed E-state index contributed by atoms with van der Waals surface area (Å²) in [6, 6.07) is 16.0. The largest absolute Gasteiger partial charge is 0.337 e. The molecular weight excluding hydrogens is 328 g/mol. The summed E-state index contributed by atoms with van der Waals surface area (Å²) in [7, 11) is 0. The molecule has 0 radical (unpaired) electrons. The zero-order valence-corrected chi connectivity index (χ0v) is 14.6. The maximum absolute atomic E-state index is 12.1. The van der Waals surface area contributed by atoms with Crippen LogP contribution in [0.4, 0.5) is 0 Å². The standard InChI is InChI=1S/C21H20N2O3/c1-21(2,22-19(24)13-10-16-6-4-3-5-7-16)15-14-17-8-11-18(12-9-17)20(25)23-26/h3-13,26H,1-2H3,(H,22,24)(H,23,25). The lowest BCUT2D eigenvalue weighted by molar-refractivity contribution is -0.117. The van der Waals surface area contributed by atoms with Crippen LogP contribution in [0.1, 0.15) is 35.3 Å². The van der Waals surface area contributed by atoms with Gasteiger partial charge in [-0.3, -0.25) is 14.8 Å². The molecule has 0 aliphatic rings. The Labute approximate surface area is 152 Å². The SMILES string of the molecule is CC(C)(C#Cc1ccc(C(=O)NO)cc1)NC(=O)C=Cc1ccccc1. The van der Waals surface area contributed by atoms with Gasteiger partial charge in [-0.05, 0) is 49.8 Å². The van der Waals surface area contributed by atoms with E-state index in [2.05, 4.69) is 17.2 Å². The van der Waals surface area contributed by atoms with Gasteiger partial charge in [-0.15, -0.1) is 0 Å². The van der Waals surface area contributed by atoms with Gasteiger partial charge in [0.15, 0.2) is 0 Å². The Morgan fingerprint density at radius 1 is 1.04 bits per heavy atom. The van der Waals surface area contributed by atoms with E-state index in [9.17, 15) is 9.59 Å². The van der Waals surface area contributed by atoms with E-state index in [-0.39, 0.29) is 5.91 Å². The van der Waals surface area contributed by atoms with Crippen molar-refractivity contribution in [1.29, 1.82) is 0 Å². The van der Waals surface area contributed by atoms with E-state index in [1.807, 2.05) is 44.2 Å². The van der Waals surface area contributed by atoms with E-state index in [1.165, 1.54) is 6.08 Å². The zero-order valence-electron chi connectivity index (χ0n) is 14.6. The van der Waals surface area contributed by atoms with Gasteiger partial charge in [-0.25, -0.2) is 5.48 Å². The predicted octanol–water partition coefficient (Wildman–Crippen LogP) is 2.77. The summed E-state index contributed by atoms with van der Waals surface area (Å²) < 4.78 is 0. The first-order valence-electron chi connectivity index (χ1n) is 8.02. The minimum atomic E-state index is -0.723. The van der Waals surface area contributed by atoms with E-state index >= 15 is 0 Å². The van der Waals surface area contributed by atoms with E-state index in [1.54, 1.807) is 35.8 Å². The highest BCUT2D eigenvalue weighted by Crippen LogP contribution is 2.06. The van der Waals surface area contributed by atoms with Gasteiger partial charge in [-0.2, -0.15) is 0 Å². The van der Waals surface area contributed by atoms with E-state index in [0.29, 0.717) is 11.1 Å². The number of carbonyl (C=O) groups excluding carboxylic acids is 2. The number of hydrogen-bond acceptors (Lipinski definition) is 3. The fourth-order valence-corrected chi connectivity index (χ4v) is 2.11. The average Bonchev–Trinajstić information content (AvgIpc) is 2.65. The van der Waals surface area contributed by atoms with Crippen LogP contribution in [0.25, 0.3) is 6.08 Å². The van der Waals surface area contributed by atoms with Crippen molar-refractivity contribution in [2.75, 3.05) is 0 Å². The minimum absolute atomic E-state index is 0.233. The molecule has 0 aliphatic carbocycles. The van der Waals surface area contributed by atoms with Crippen molar-refractivity contribution in [2.24, 2.45) is 0 Å². The van der Waals surface area contributed by atoms with Gasteiger partial charge in [0.25, 0.3) is 5.91 Å². The Hall–Kier alpha value is -3.36. The topological polar surface area (TPSA) is 78.4 Å². The lowest BCUT2D eigenvalue weighted by Gasteiger charge is -2.18. The molecule has 2 rings (SSSR count). The van der Waals surface area contributed by atoms with Gasteiger partial charge >= 0.3 is 0 Å². The fraction of sp³-hybridized carbons (Fsp3) is 0.143. The quantitative estimate of drug-likeness (QED) is 0.344. The van der Waals surface area contributed by atoms with Crippen molar-refractivity contribution in [3.05, 3.63) is 77.4 Å². The summed E-state index contributed by atoms with van der Waals surface area (Å²) in [5.74, 6) is 5.15. The molecule has 132 valence electrons. The number of benzene rings is 2. The lowest BCUT2D eigenvalue weighted by atomic mass is 10.0. The summed E-state index contributed by atoms with van der Waals surface area (Å²) in [6.45, 7) is 3.61. The second-order valence-corrected chi connectivity index (χ2v) is 6.13. The third-order valence-corrected chi connectivity index (χ3v) is 3.43. The molecule has 0 atom stereocenters. The summed E-state index contributed by atoms with van der Waals surface area (Å²) in [4.78, 5) is 23.3. The van der Waals surface area contributed by atoms with Gasteiger partial charge in [-0.1, -0.05) is 42.2 Å². The van der Waals surface area contributed by atoms with Crippen LogP contribution >= 0.6 is 0 Å². The molecule has 2 amide bonds. The van der Waals surface area contributed by atoms with Gasteiger partial charge < -0.3 is 5.32 Å². The van der Waals surface area contributed by atoms with Crippen LogP contribution in [0.3, 0.4) is 0 Å². The molecule has 0 unspecified atom stereocenters. The molecule has 0 saturated carbocycles. The second kappa shape index (κ2) is 8.65. The second-order valence-electron chi connectivity index (χ2n) is 6.13. The van der Waals surface area contributed by atoms with Gasteiger partial charge in [0.1, 0.15) is 0 Å². The number of amides is 2. The maximum Gasteiger partial charge on any atom is 0.274 e. The third-order valence-electron chi connectivity index (χ3n) is 3.43. The molecule has 26 heavy (non-hydrogen) atoms. The van der Waals surface area contributed by atoms with Gasteiger partial charge in [0.2, 0.25) is 5.91 Å². The highest BCUT2D eigenvalue weighted by Gasteiger charge is 2.15. The molecule has 5 nitrogen and oxygen atoms in total. The average molecular weight is 348 g/mol. The van der Waals surface area contributed by atoms with Crippen LogP contribution in [0, 0.1) is 11.8 Å². The van der Waals surface area contributed by atoms with Crippen LogP contribution in [0.5, 0.6) is 0 Å². The zero-order chi connectivity index (χ0) is 19.0.